The number of hydrogen-bond donors (Lipinski definition) is 1. The molecular formula is C30H35N5O4. The van der Waals surface area contributed by atoms with Crippen LogP contribution in [0.2, 0.25) is 0 Å². The van der Waals surface area contributed by atoms with Gasteiger partial charge in [-0.05, 0) is 55.0 Å². The molecule has 9 heteroatoms. The van der Waals surface area contributed by atoms with Crippen LogP contribution in [0.4, 0.5) is 11.4 Å². The fourth-order valence-corrected chi connectivity index (χ4v) is 7.03. The minimum absolute atomic E-state index is 0.156. The molecule has 0 spiro atoms. The Kier molecular flexibility index (Phi) is 6.18. The average Bonchev–Trinajstić information content (AvgIpc) is 3.27. The Morgan fingerprint density at radius 3 is 2.54 bits per heavy atom. The van der Waals surface area contributed by atoms with E-state index in [9.17, 15) is 14.4 Å². The van der Waals surface area contributed by atoms with Crippen LogP contribution in [-0.4, -0.2) is 85.5 Å². The van der Waals surface area contributed by atoms with Gasteiger partial charge in [-0.1, -0.05) is 18.2 Å². The Bertz CT molecular complexity index is 1290. The number of carbonyl (C=O) groups excluding carboxylic acids is 3. The fraction of sp³-hybridized carbons (Fsp3) is 0.500. The van der Waals surface area contributed by atoms with E-state index in [0.29, 0.717) is 25.1 Å². The zero-order chi connectivity index (χ0) is 26.5. The van der Waals surface area contributed by atoms with Crippen LogP contribution in [0.3, 0.4) is 0 Å². The first kappa shape index (κ1) is 24.5. The molecule has 3 saturated heterocycles. The van der Waals surface area contributed by atoms with Gasteiger partial charge in [-0.3, -0.25) is 24.6 Å². The van der Waals surface area contributed by atoms with E-state index in [0.717, 1.165) is 62.2 Å². The zero-order valence-corrected chi connectivity index (χ0v) is 22.2. The monoisotopic (exact) mass is 529 g/mol. The van der Waals surface area contributed by atoms with Crippen molar-refractivity contribution in [2.45, 2.75) is 44.3 Å². The average molecular weight is 530 g/mol. The number of nitrogens with one attached hydrogen (secondary N) is 1. The highest BCUT2D eigenvalue weighted by Gasteiger charge is 2.41. The number of amides is 3. The van der Waals surface area contributed by atoms with E-state index in [1.165, 1.54) is 18.5 Å². The number of para-hydroxylation sites is 1. The quantitative estimate of drug-likeness (QED) is 0.608. The molecule has 5 aliphatic heterocycles. The summed E-state index contributed by atoms with van der Waals surface area (Å²) < 4.78 is 6.21. The number of nitrogens with zero attached hydrogens (tertiary/aromatic N) is 4. The molecular weight excluding hydrogens is 494 g/mol. The number of fused-ring (bicyclic) bond motifs is 4. The Labute approximate surface area is 228 Å². The lowest BCUT2D eigenvalue weighted by Gasteiger charge is -2.47. The van der Waals surface area contributed by atoms with Crippen LogP contribution in [0.1, 0.15) is 41.6 Å². The first-order valence-corrected chi connectivity index (χ1v) is 14.3. The van der Waals surface area contributed by atoms with E-state index in [1.807, 2.05) is 6.07 Å². The molecule has 2 aromatic carbocycles. The molecule has 39 heavy (non-hydrogen) atoms. The number of hydrogen-bond acceptors (Lipinski definition) is 7. The second kappa shape index (κ2) is 9.86. The number of imide groups is 1. The van der Waals surface area contributed by atoms with E-state index in [2.05, 4.69) is 56.4 Å². The maximum absolute atomic E-state index is 13.2. The number of ether oxygens (including phenoxy) is 1. The highest BCUT2D eigenvalue weighted by atomic mass is 16.5. The van der Waals surface area contributed by atoms with Gasteiger partial charge in [0.2, 0.25) is 11.8 Å². The Hall–Kier alpha value is -3.59. The van der Waals surface area contributed by atoms with Crippen molar-refractivity contribution in [1.82, 2.24) is 15.1 Å². The molecule has 0 saturated carbocycles. The summed E-state index contributed by atoms with van der Waals surface area (Å²) in [4.78, 5) is 46.4. The van der Waals surface area contributed by atoms with Crippen LogP contribution in [0.5, 0.6) is 5.75 Å². The second-order valence-corrected chi connectivity index (χ2v) is 11.6. The Morgan fingerprint density at radius 1 is 0.923 bits per heavy atom. The van der Waals surface area contributed by atoms with Gasteiger partial charge >= 0.3 is 0 Å². The molecule has 3 amide bonds. The van der Waals surface area contributed by atoms with Crippen molar-refractivity contribution in [1.29, 1.82) is 0 Å². The molecule has 204 valence electrons. The number of anilines is 2. The molecule has 2 atom stereocenters. The van der Waals surface area contributed by atoms with Gasteiger partial charge in [0.25, 0.3) is 5.91 Å². The molecule has 7 rings (SSSR count). The largest absolute Gasteiger partial charge is 0.489 e. The highest BCUT2D eigenvalue weighted by Crippen LogP contribution is 2.41. The van der Waals surface area contributed by atoms with Crippen molar-refractivity contribution < 1.29 is 19.1 Å². The molecule has 2 aromatic rings. The van der Waals surface area contributed by atoms with Crippen molar-refractivity contribution in [3.63, 3.8) is 0 Å². The number of rotatable bonds is 4. The molecule has 5 heterocycles. The summed E-state index contributed by atoms with van der Waals surface area (Å²) >= 11 is 0. The van der Waals surface area contributed by atoms with Gasteiger partial charge in [-0.2, -0.15) is 0 Å². The van der Waals surface area contributed by atoms with Crippen LogP contribution in [0.25, 0.3) is 0 Å². The molecule has 9 nitrogen and oxygen atoms in total. The van der Waals surface area contributed by atoms with E-state index < -0.39 is 6.04 Å². The summed E-state index contributed by atoms with van der Waals surface area (Å²) in [6, 6.07) is 14.4. The van der Waals surface area contributed by atoms with Crippen molar-refractivity contribution in [3.05, 3.63) is 53.6 Å². The lowest BCUT2D eigenvalue weighted by Crippen LogP contribution is -2.58. The van der Waals surface area contributed by atoms with Gasteiger partial charge in [0.05, 0.1) is 11.7 Å². The van der Waals surface area contributed by atoms with Crippen LogP contribution in [-0.2, 0) is 16.1 Å². The molecule has 1 N–H and O–H groups in total. The predicted octanol–water partition coefficient (Wildman–Crippen LogP) is 2.25. The van der Waals surface area contributed by atoms with Gasteiger partial charge in [-0.25, -0.2) is 0 Å². The van der Waals surface area contributed by atoms with Gasteiger partial charge in [0.1, 0.15) is 18.4 Å². The van der Waals surface area contributed by atoms with E-state index in [4.69, 9.17) is 4.74 Å². The summed E-state index contributed by atoms with van der Waals surface area (Å²) in [5.41, 5.74) is 3.92. The summed E-state index contributed by atoms with van der Waals surface area (Å²) in [6.45, 7) is 7.32. The molecule has 0 radical (unpaired) electrons. The fourth-order valence-electron chi connectivity index (χ4n) is 7.03. The topological polar surface area (TPSA) is 85.4 Å². The first-order valence-electron chi connectivity index (χ1n) is 14.3. The minimum Gasteiger partial charge on any atom is -0.489 e. The lowest BCUT2D eigenvalue weighted by molar-refractivity contribution is -0.136. The molecule has 0 bridgehead atoms. The van der Waals surface area contributed by atoms with Crippen LogP contribution < -0.4 is 19.9 Å². The van der Waals surface area contributed by atoms with Crippen molar-refractivity contribution in [3.8, 4) is 5.75 Å². The smallest absolute Gasteiger partial charge is 0.255 e. The maximum atomic E-state index is 13.2. The normalized spacial score (nSPS) is 25.6. The Balaban J connectivity index is 0.986. The van der Waals surface area contributed by atoms with E-state index in [-0.39, 0.29) is 30.2 Å². The first-order chi connectivity index (χ1) is 19.0. The zero-order valence-electron chi connectivity index (χ0n) is 22.2. The van der Waals surface area contributed by atoms with Crippen LogP contribution in [0.15, 0.2) is 42.5 Å². The van der Waals surface area contributed by atoms with Gasteiger partial charge < -0.3 is 19.4 Å². The minimum atomic E-state index is -0.601. The van der Waals surface area contributed by atoms with Crippen LogP contribution in [0, 0.1) is 5.92 Å². The van der Waals surface area contributed by atoms with Crippen molar-refractivity contribution >= 4 is 29.1 Å². The van der Waals surface area contributed by atoms with Gasteiger partial charge in [0.15, 0.2) is 0 Å². The number of benzene rings is 2. The predicted molar refractivity (Wildman–Crippen MR) is 147 cm³/mol. The standard InChI is InChI=1S/C30H35N5O4/c36-28-7-6-25(29(37)31-28)35-17-21-14-26-27(15-24(21)30(35)38)39-19-23-18-32(12-13-34(23)26)16-20-8-10-33(11-9-20)22-4-2-1-3-5-22/h1-5,14-15,20,23,25H,6-13,16-19H2,(H,31,36,37). The summed E-state index contributed by atoms with van der Waals surface area (Å²) in [5.74, 6) is 0.671. The van der Waals surface area contributed by atoms with Gasteiger partial charge in [-0.15, -0.1) is 0 Å². The highest BCUT2D eigenvalue weighted by molar-refractivity contribution is 6.05. The third kappa shape index (κ3) is 4.52. The van der Waals surface area contributed by atoms with Crippen molar-refractivity contribution in [2.24, 2.45) is 5.92 Å². The molecule has 0 aromatic heterocycles. The maximum Gasteiger partial charge on any atom is 0.255 e. The second-order valence-electron chi connectivity index (χ2n) is 11.6. The van der Waals surface area contributed by atoms with Crippen molar-refractivity contribution in [2.75, 3.05) is 55.7 Å². The summed E-state index contributed by atoms with van der Waals surface area (Å²) in [5, 5.41) is 2.38. The number of carbonyl (C=O) groups is 3. The number of piperazine rings is 1. The van der Waals surface area contributed by atoms with E-state index >= 15 is 0 Å². The number of piperidine rings is 2. The molecule has 2 unspecified atom stereocenters. The Morgan fingerprint density at radius 2 is 1.74 bits per heavy atom. The third-order valence-electron chi connectivity index (χ3n) is 9.16. The summed E-state index contributed by atoms with van der Waals surface area (Å²) in [6.07, 6.45) is 3.08. The molecule has 3 fully saturated rings. The summed E-state index contributed by atoms with van der Waals surface area (Å²) in [7, 11) is 0. The molecule has 0 aliphatic carbocycles. The van der Waals surface area contributed by atoms with Gasteiger partial charge in [0, 0.05) is 63.5 Å². The lowest BCUT2D eigenvalue weighted by atomic mass is 9.95. The van der Waals surface area contributed by atoms with Crippen LogP contribution >= 0.6 is 0 Å². The molecule has 5 aliphatic rings. The SMILES string of the molecule is O=C1CCC(N2Cc3cc4c(cc3C2=O)OCC2CN(CC3CCN(c5ccccc5)CC3)CCN42)C(=O)N1. The third-order valence-corrected chi connectivity index (χ3v) is 9.16. The van der Waals surface area contributed by atoms with E-state index in [1.54, 1.807) is 4.90 Å².